The number of pyridine rings is 1. The highest BCUT2D eigenvalue weighted by Gasteiger charge is 2.39. The first kappa shape index (κ1) is 13.5. The van der Waals surface area contributed by atoms with Crippen LogP contribution in [0.2, 0.25) is 0 Å². The summed E-state index contributed by atoms with van der Waals surface area (Å²) in [6.45, 7) is 8.12. The molecule has 1 aliphatic rings. The summed E-state index contributed by atoms with van der Waals surface area (Å²) < 4.78 is 0. The lowest BCUT2D eigenvalue weighted by atomic mass is 9.76. The Labute approximate surface area is 111 Å². The molecule has 0 spiro atoms. The largest absolute Gasteiger partial charge is 0.314 e. The summed E-state index contributed by atoms with van der Waals surface area (Å²) in [7, 11) is 0. The number of likely N-dealkylation sites (N-methyl/N-ethyl adjacent to an activating group) is 1. The third-order valence-electron chi connectivity index (χ3n) is 4.47. The molecule has 1 N–H and O–H groups in total. The minimum absolute atomic E-state index is 0.481. The second-order valence-electron chi connectivity index (χ2n) is 6.22. The van der Waals surface area contributed by atoms with Crippen LogP contribution in [0.4, 0.5) is 0 Å². The van der Waals surface area contributed by atoms with Gasteiger partial charge in [0.1, 0.15) is 0 Å². The summed E-state index contributed by atoms with van der Waals surface area (Å²) in [4.78, 5) is 4.23. The summed E-state index contributed by atoms with van der Waals surface area (Å²) in [6.07, 6.45) is 9.08. The van der Waals surface area contributed by atoms with Crippen molar-refractivity contribution in [3.8, 4) is 0 Å². The molecule has 1 saturated carbocycles. The van der Waals surface area contributed by atoms with Gasteiger partial charge in [0.05, 0.1) is 0 Å². The van der Waals surface area contributed by atoms with Crippen molar-refractivity contribution in [3.63, 3.8) is 0 Å². The molecular weight excluding hydrogens is 220 g/mol. The van der Waals surface area contributed by atoms with Crippen LogP contribution in [0.3, 0.4) is 0 Å². The molecule has 0 radical (unpaired) electrons. The van der Waals surface area contributed by atoms with Crippen molar-refractivity contribution < 1.29 is 0 Å². The van der Waals surface area contributed by atoms with Gasteiger partial charge in [-0.1, -0.05) is 33.3 Å². The van der Waals surface area contributed by atoms with Crippen LogP contribution in [0.1, 0.15) is 45.6 Å². The molecule has 0 saturated heterocycles. The van der Waals surface area contributed by atoms with Crippen molar-refractivity contribution in [2.75, 3.05) is 6.54 Å². The molecule has 1 aromatic heterocycles. The van der Waals surface area contributed by atoms with Crippen molar-refractivity contribution in [1.82, 2.24) is 10.3 Å². The maximum absolute atomic E-state index is 4.23. The van der Waals surface area contributed by atoms with Crippen LogP contribution in [-0.4, -0.2) is 17.6 Å². The Bertz CT molecular complexity index is 359. The van der Waals surface area contributed by atoms with E-state index in [2.05, 4.69) is 37.1 Å². The first-order valence-electron chi connectivity index (χ1n) is 7.26. The predicted octanol–water partition coefficient (Wildman–Crippen LogP) is 3.43. The molecule has 2 nitrogen and oxygen atoms in total. The lowest BCUT2D eigenvalue weighted by Gasteiger charge is -2.34. The van der Waals surface area contributed by atoms with E-state index in [1.54, 1.807) is 0 Å². The van der Waals surface area contributed by atoms with E-state index in [4.69, 9.17) is 0 Å². The molecule has 1 heterocycles. The minimum atomic E-state index is 0.481. The normalized spacial score (nSPS) is 24.1. The SMILES string of the molecule is CCNC(Cc1cccnc1)C1CCCC1(C)C. The summed E-state index contributed by atoms with van der Waals surface area (Å²) in [5.74, 6) is 0.789. The topological polar surface area (TPSA) is 24.9 Å². The Hall–Kier alpha value is -0.890. The molecule has 1 aliphatic carbocycles. The number of hydrogen-bond donors (Lipinski definition) is 1. The Morgan fingerprint density at radius 1 is 1.50 bits per heavy atom. The lowest BCUT2D eigenvalue weighted by molar-refractivity contribution is 0.197. The van der Waals surface area contributed by atoms with Crippen molar-refractivity contribution in [1.29, 1.82) is 0 Å². The summed E-state index contributed by atoms with van der Waals surface area (Å²) >= 11 is 0. The smallest absolute Gasteiger partial charge is 0.0300 e. The average Bonchev–Trinajstić information content (AvgIpc) is 2.70. The van der Waals surface area contributed by atoms with Crippen LogP contribution in [0.15, 0.2) is 24.5 Å². The molecule has 0 aliphatic heterocycles. The van der Waals surface area contributed by atoms with Crippen molar-refractivity contribution in [2.45, 2.75) is 52.5 Å². The number of hydrogen-bond acceptors (Lipinski definition) is 2. The van der Waals surface area contributed by atoms with Gasteiger partial charge in [0, 0.05) is 18.4 Å². The fourth-order valence-electron chi connectivity index (χ4n) is 3.49. The molecule has 2 rings (SSSR count). The molecule has 100 valence electrons. The van der Waals surface area contributed by atoms with E-state index in [-0.39, 0.29) is 0 Å². The Morgan fingerprint density at radius 2 is 2.33 bits per heavy atom. The predicted molar refractivity (Wildman–Crippen MR) is 76.5 cm³/mol. The molecule has 2 heteroatoms. The molecule has 1 fully saturated rings. The third kappa shape index (κ3) is 3.11. The number of aromatic nitrogens is 1. The highest BCUT2D eigenvalue weighted by molar-refractivity contribution is 5.11. The number of nitrogens with one attached hydrogen (secondary N) is 1. The van der Waals surface area contributed by atoms with Crippen LogP contribution >= 0.6 is 0 Å². The molecule has 2 unspecified atom stereocenters. The van der Waals surface area contributed by atoms with Crippen LogP contribution in [-0.2, 0) is 6.42 Å². The average molecular weight is 246 g/mol. The van der Waals surface area contributed by atoms with Gasteiger partial charge in [-0.3, -0.25) is 4.98 Å². The standard InChI is InChI=1S/C16H26N2/c1-4-18-15(11-13-7-6-10-17-12-13)14-8-5-9-16(14,2)3/h6-7,10,12,14-15,18H,4-5,8-9,11H2,1-3H3. The lowest BCUT2D eigenvalue weighted by Crippen LogP contribution is -2.42. The van der Waals surface area contributed by atoms with Crippen LogP contribution < -0.4 is 5.32 Å². The molecule has 0 aromatic carbocycles. The van der Waals surface area contributed by atoms with Gasteiger partial charge in [-0.2, -0.15) is 0 Å². The van der Waals surface area contributed by atoms with Crippen LogP contribution in [0, 0.1) is 11.3 Å². The third-order valence-corrected chi connectivity index (χ3v) is 4.47. The van der Waals surface area contributed by atoms with E-state index in [1.807, 2.05) is 18.5 Å². The van der Waals surface area contributed by atoms with Gasteiger partial charge < -0.3 is 5.32 Å². The van der Waals surface area contributed by atoms with E-state index in [1.165, 1.54) is 24.8 Å². The summed E-state index contributed by atoms with van der Waals surface area (Å²) in [5.41, 5.74) is 1.83. The van der Waals surface area contributed by atoms with Gasteiger partial charge >= 0.3 is 0 Å². The highest BCUT2D eigenvalue weighted by atomic mass is 14.9. The van der Waals surface area contributed by atoms with Gasteiger partial charge in [0.2, 0.25) is 0 Å². The van der Waals surface area contributed by atoms with Crippen molar-refractivity contribution in [2.24, 2.45) is 11.3 Å². The zero-order valence-corrected chi connectivity index (χ0v) is 11.9. The molecule has 1 aromatic rings. The van der Waals surface area contributed by atoms with E-state index in [0.717, 1.165) is 18.9 Å². The molecule has 18 heavy (non-hydrogen) atoms. The first-order chi connectivity index (χ1) is 8.63. The number of rotatable bonds is 5. The maximum Gasteiger partial charge on any atom is 0.0300 e. The fraction of sp³-hybridized carbons (Fsp3) is 0.688. The molecule has 2 atom stereocenters. The van der Waals surface area contributed by atoms with E-state index in [0.29, 0.717) is 11.5 Å². The number of nitrogens with zero attached hydrogens (tertiary/aromatic N) is 1. The molecule has 0 bridgehead atoms. The Kier molecular flexibility index (Phi) is 4.39. The van der Waals surface area contributed by atoms with Gasteiger partial charge in [-0.05, 0) is 48.8 Å². The van der Waals surface area contributed by atoms with Crippen molar-refractivity contribution >= 4 is 0 Å². The summed E-state index contributed by atoms with van der Waals surface area (Å²) in [5, 5.41) is 3.70. The minimum Gasteiger partial charge on any atom is -0.314 e. The monoisotopic (exact) mass is 246 g/mol. The Balaban J connectivity index is 2.08. The highest BCUT2D eigenvalue weighted by Crippen LogP contribution is 2.44. The summed E-state index contributed by atoms with van der Waals surface area (Å²) in [6, 6.07) is 4.83. The second-order valence-corrected chi connectivity index (χ2v) is 6.22. The van der Waals surface area contributed by atoms with E-state index >= 15 is 0 Å². The Morgan fingerprint density at radius 3 is 2.89 bits per heavy atom. The van der Waals surface area contributed by atoms with Crippen LogP contribution in [0.25, 0.3) is 0 Å². The maximum atomic E-state index is 4.23. The van der Waals surface area contributed by atoms with Gasteiger partial charge in [0.15, 0.2) is 0 Å². The van der Waals surface area contributed by atoms with Crippen molar-refractivity contribution in [3.05, 3.63) is 30.1 Å². The van der Waals surface area contributed by atoms with E-state index < -0.39 is 0 Å². The quantitative estimate of drug-likeness (QED) is 0.861. The molecular formula is C16H26N2. The van der Waals surface area contributed by atoms with Gasteiger partial charge in [-0.15, -0.1) is 0 Å². The van der Waals surface area contributed by atoms with E-state index in [9.17, 15) is 0 Å². The van der Waals surface area contributed by atoms with Crippen LogP contribution in [0.5, 0.6) is 0 Å². The zero-order valence-electron chi connectivity index (χ0n) is 11.9. The molecule has 0 amide bonds. The zero-order chi connectivity index (χ0) is 13.0. The van der Waals surface area contributed by atoms with Gasteiger partial charge in [-0.25, -0.2) is 0 Å². The second kappa shape index (κ2) is 5.83. The first-order valence-corrected chi connectivity index (χ1v) is 7.26. The fourth-order valence-corrected chi connectivity index (χ4v) is 3.49. The van der Waals surface area contributed by atoms with Gasteiger partial charge in [0.25, 0.3) is 0 Å².